The fourth-order valence-electron chi connectivity index (χ4n) is 1.19. The van der Waals surface area contributed by atoms with Crippen molar-refractivity contribution in [2.45, 2.75) is 0 Å². The summed E-state index contributed by atoms with van der Waals surface area (Å²) in [6.07, 6.45) is 4.47. The molecule has 88 valence electrons. The maximum atomic E-state index is 10.3. The zero-order valence-corrected chi connectivity index (χ0v) is 8.70. The molecule has 0 fully saturated rings. The molecule has 1 aromatic rings. The molecule has 17 heavy (non-hydrogen) atoms. The van der Waals surface area contributed by atoms with E-state index in [-0.39, 0.29) is 5.75 Å². The highest BCUT2D eigenvalue weighted by Gasteiger charge is 1.97. The number of carboxylic acid groups (broad SMARTS) is 2. The van der Waals surface area contributed by atoms with Crippen LogP contribution in [-0.2, 0) is 9.59 Å². The van der Waals surface area contributed by atoms with Gasteiger partial charge in [-0.25, -0.2) is 9.59 Å². The van der Waals surface area contributed by atoms with Gasteiger partial charge in [-0.1, -0.05) is 0 Å². The highest BCUT2D eigenvalue weighted by atomic mass is 16.4. The van der Waals surface area contributed by atoms with Gasteiger partial charge in [0.15, 0.2) is 0 Å². The van der Waals surface area contributed by atoms with Crippen molar-refractivity contribution >= 4 is 24.1 Å². The van der Waals surface area contributed by atoms with Crippen LogP contribution in [0.3, 0.4) is 0 Å². The highest BCUT2D eigenvalue weighted by molar-refractivity contribution is 5.87. The van der Waals surface area contributed by atoms with Gasteiger partial charge in [0, 0.05) is 12.2 Å². The Morgan fingerprint density at radius 1 is 0.882 bits per heavy atom. The van der Waals surface area contributed by atoms with Gasteiger partial charge in [0.25, 0.3) is 0 Å². The second kappa shape index (κ2) is 5.50. The molecule has 3 N–H and O–H groups in total. The van der Waals surface area contributed by atoms with Crippen molar-refractivity contribution in [1.29, 1.82) is 0 Å². The number of hydrogen-bond donors (Lipinski definition) is 3. The molecule has 0 radical (unpaired) electrons. The summed E-state index contributed by atoms with van der Waals surface area (Å²) < 4.78 is 0. The van der Waals surface area contributed by atoms with E-state index >= 15 is 0 Å². The third-order valence-electron chi connectivity index (χ3n) is 1.80. The SMILES string of the molecule is O=C(O)C=Cc1cc(O)cc(C=CC(=O)O)c1. The predicted octanol–water partition coefficient (Wildman–Crippen LogP) is 1.59. The number of hydrogen-bond acceptors (Lipinski definition) is 3. The van der Waals surface area contributed by atoms with Crippen LogP contribution < -0.4 is 0 Å². The molecule has 1 rings (SSSR count). The number of benzene rings is 1. The van der Waals surface area contributed by atoms with E-state index in [1.807, 2.05) is 0 Å². The predicted molar refractivity (Wildman–Crippen MR) is 61.4 cm³/mol. The average Bonchev–Trinajstić information content (AvgIpc) is 2.23. The number of aromatic hydroxyl groups is 1. The Morgan fingerprint density at radius 2 is 1.29 bits per heavy atom. The van der Waals surface area contributed by atoms with Crippen LogP contribution in [0.2, 0.25) is 0 Å². The highest BCUT2D eigenvalue weighted by Crippen LogP contribution is 2.18. The lowest BCUT2D eigenvalue weighted by Crippen LogP contribution is -1.87. The zero-order chi connectivity index (χ0) is 12.8. The van der Waals surface area contributed by atoms with E-state index in [9.17, 15) is 14.7 Å². The minimum Gasteiger partial charge on any atom is -0.508 e. The molecular weight excluding hydrogens is 224 g/mol. The average molecular weight is 234 g/mol. The third kappa shape index (κ3) is 4.65. The first-order chi connectivity index (χ1) is 7.97. The van der Waals surface area contributed by atoms with E-state index in [0.717, 1.165) is 12.2 Å². The molecule has 0 saturated carbocycles. The van der Waals surface area contributed by atoms with Gasteiger partial charge in [-0.3, -0.25) is 0 Å². The summed E-state index contributed by atoms with van der Waals surface area (Å²) in [5.74, 6) is -2.27. The summed E-state index contributed by atoms with van der Waals surface area (Å²) >= 11 is 0. The summed E-state index contributed by atoms with van der Waals surface area (Å²) in [6, 6.07) is 4.30. The summed E-state index contributed by atoms with van der Waals surface area (Å²) in [7, 11) is 0. The van der Waals surface area contributed by atoms with E-state index in [2.05, 4.69) is 0 Å². The first-order valence-corrected chi connectivity index (χ1v) is 4.63. The van der Waals surface area contributed by atoms with Crippen LogP contribution in [0.4, 0.5) is 0 Å². The van der Waals surface area contributed by atoms with Crippen molar-refractivity contribution < 1.29 is 24.9 Å². The summed E-state index contributed by atoms with van der Waals surface area (Å²) in [4.78, 5) is 20.6. The molecule has 0 bridgehead atoms. The van der Waals surface area contributed by atoms with E-state index in [0.29, 0.717) is 11.1 Å². The second-order valence-electron chi connectivity index (χ2n) is 3.20. The van der Waals surface area contributed by atoms with Crippen molar-refractivity contribution in [2.75, 3.05) is 0 Å². The lowest BCUT2D eigenvalue weighted by molar-refractivity contribution is -0.132. The Kier molecular flexibility index (Phi) is 4.05. The molecule has 0 heterocycles. The van der Waals surface area contributed by atoms with E-state index < -0.39 is 11.9 Å². The standard InChI is InChI=1S/C12H10O5/c13-10-6-8(1-3-11(14)15)5-9(7-10)2-4-12(16)17/h1-7,13H,(H,14,15)(H,16,17). The minimum absolute atomic E-state index is 0.0671. The molecule has 0 aromatic heterocycles. The number of phenols is 1. The van der Waals surface area contributed by atoms with Crippen LogP contribution in [0, 0.1) is 0 Å². The van der Waals surface area contributed by atoms with Gasteiger partial charge in [0.1, 0.15) is 5.75 Å². The second-order valence-corrected chi connectivity index (χ2v) is 3.20. The molecule has 1 aromatic carbocycles. The first-order valence-electron chi connectivity index (χ1n) is 4.63. The Hall–Kier alpha value is -2.56. The Labute approximate surface area is 96.9 Å². The monoisotopic (exact) mass is 234 g/mol. The van der Waals surface area contributed by atoms with Crippen LogP contribution in [-0.4, -0.2) is 27.3 Å². The number of phenolic OH excluding ortho intramolecular Hbond substituents is 1. The summed E-state index contributed by atoms with van der Waals surface area (Å²) in [6.45, 7) is 0. The maximum absolute atomic E-state index is 10.3. The molecule has 0 aliphatic heterocycles. The molecular formula is C12H10O5. The van der Waals surface area contributed by atoms with Crippen LogP contribution in [0.15, 0.2) is 30.4 Å². The van der Waals surface area contributed by atoms with Crippen LogP contribution in [0.25, 0.3) is 12.2 Å². The molecule has 5 heteroatoms. The van der Waals surface area contributed by atoms with Gasteiger partial charge in [0.2, 0.25) is 0 Å². The van der Waals surface area contributed by atoms with Gasteiger partial charge < -0.3 is 15.3 Å². The lowest BCUT2D eigenvalue weighted by atomic mass is 10.1. The Bertz CT molecular complexity index is 457. The number of rotatable bonds is 4. The van der Waals surface area contributed by atoms with E-state index in [1.54, 1.807) is 6.07 Å². The van der Waals surface area contributed by atoms with Gasteiger partial charge in [0.05, 0.1) is 0 Å². The normalized spacial score (nSPS) is 11.1. The van der Waals surface area contributed by atoms with E-state index in [4.69, 9.17) is 10.2 Å². The Morgan fingerprint density at radius 3 is 1.65 bits per heavy atom. The molecule has 0 spiro atoms. The topological polar surface area (TPSA) is 94.8 Å². The molecule has 0 saturated heterocycles. The molecule has 0 aliphatic carbocycles. The molecule has 5 nitrogen and oxygen atoms in total. The number of carbonyl (C=O) groups is 2. The van der Waals surface area contributed by atoms with Crippen molar-refractivity contribution in [1.82, 2.24) is 0 Å². The first kappa shape index (κ1) is 12.5. The quantitative estimate of drug-likeness (QED) is 0.687. The third-order valence-corrected chi connectivity index (χ3v) is 1.80. The summed E-state index contributed by atoms with van der Waals surface area (Å²) in [5, 5.41) is 26.3. The van der Waals surface area contributed by atoms with Gasteiger partial charge in [-0.05, 0) is 41.5 Å². The summed E-state index contributed by atoms with van der Waals surface area (Å²) in [5.41, 5.74) is 0.940. The van der Waals surface area contributed by atoms with Crippen molar-refractivity contribution in [3.63, 3.8) is 0 Å². The number of aliphatic carboxylic acids is 2. The van der Waals surface area contributed by atoms with Crippen molar-refractivity contribution in [2.24, 2.45) is 0 Å². The largest absolute Gasteiger partial charge is 0.508 e. The smallest absolute Gasteiger partial charge is 0.328 e. The molecule has 0 amide bonds. The van der Waals surface area contributed by atoms with Crippen molar-refractivity contribution in [3.05, 3.63) is 41.5 Å². The van der Waals surface area contributed by atoms with Gasteiger partial charge in [-0.2, -0.15) is 0 Å². The molecule has 0 unspecified atom stereocenters. The lowest BCUT2D eigenvalue weighted by Gasteiger charge is -1.99. The van der Waals surface area contributed by atoms with Crippen LogP contribution in [0.5, 0.6) is 5.75 Å². The molecule has 0 atom stereocenters. The Balaban J connectivity index is 3.02. The maximum Gasteiger partial charge on any atom is 0.328 e. The van der Waals surface area contributed by atoms with Crippen LogP contribution in [0.1, 0.15) is 11.1 Å². The fraction of sp³-hybridized carbons (Fsp3) is 0. The fourth-order valence-corrected chi connectivity index (χ4v) is 1.19. The van der Waals surface area contributed by atoms with Crippen LogP contribution >= 0.6 is 0 Å². The van der Waals surface area contributed by atoms with Crippen molar-refractivity contribution in [3.8, 4) is 5.75 Å². The zero-order valence-electron chi connectivity index (χ0n) is 8.70. The van der Waals surface area contributed by atoms with E-state index in [1.165, 1.54) is 24.3 Å². The number of carboxylic acids is 2. The molecule has 0 aliphatic rings. The van der Waals surface area contributed by atoms with Gasteiger partial charge in [-0.15, -0.1) is 0 Å². The minimum atomic E-state index is -1.10. The van der Waals surface area contributed by atoms with Gasteiger partial charge >= 0.3 is 11.9 Å².